The predicted octanol–water partition coefficient (Wildman–Crippen LogP) is 8.72. The number of rotatable bonds is 15. The number of benzene rings is 4. The zero-order chi connectivity index (χ0) is 35.5. The molecule has 0 aromatic heterocycles. The highest BCUT2D eigenvalue weighted by Gasteiger charge is 2.27. The maximum Gasteiger partial charge on any atom is 0.125 e. The summed E-state index contributed by atoms with van der Waals surface area (Å²) >= 11 is 0. The normalized spacial score (nSPS) is 20.2. The van der Waals surface area contributed by atoms with E-state index in [0.29, 0.717) is 19.8 Å². The Morgan fingerprint density at radius 3 is 1.18 bits per heavy atom. The summed E-state index contributed by atoms with van der Waals surface area (Å²) in [5.74, 6) is 4.59. The second-order valence-electron chi connectivity index (χ2n) is 15.1. The quantitative estimate of drug-likeness (QED) is 0.115. The van der Waals surface area contributed by atoms with Crippen LogP contribution >= 0.6 is 0 Å². The molecular weight excluding hydrogens is 640 g/mol. The Hall–Kier alpha value is -4.04. The van der Waals surface area contributed by atoms with Crippen molar-refractivity contribution < 1.29 is 33.2 Å². The van der Waals surface area contributed by atoms with Gasteiger partial charge in [-0.25, -0.2) is 0 Å². The monoisotopic (exact) mass is 692 g/mol. The first-order valence-electron chi connectivity index (χ1n) is 18.4. The van der Waals surface area contributed by atoms with Gasteiger partial charge < -0.3 is 33.2 Å². The van der Waals surface area contributed by atoms with Crippen LogP contribution in [0.4, 0.5) is 0 Å². The van der Waals surface area contributed by atoms with E-state index in [2.05, 4.69) is 90.1 Å². The molecule has 0 amide bonds. The topological polar surface area (TPSA) is 74.5 Å². The van der Waals surface area contributed by atoms with Gasteiger partial charge in [-0.15, -0.1) is 0 Å². The van der Waals surface area contributed by atoms with Gasteiger partial charge in [0.15, 0.2) is 0 Å². The highest BCUT2D eigenvalue weighted by Crippen LogP contribution is 2.37. The molecule has 0 N–H and O–H groups in total. The van der Waals surface area contributed by atoms with Crippen molar-refractivity contribution in [1.29, 1.82) is 0 Å². The lowest BCUT2D eigenvalue weighted by Gasteiger charge is -2.26. The molecule has 3 aliphatic heterocycles. The molecular formula is C44H52O7. The highest BCUT2D eigenvalue weighted by atomic mass is 16.6. The number of epoxide rings is 3. The van der Waals surface area contributed by atoms with Crippen molar-refractivity contribution in [2.24, 2.45) is 5.92 Å². The van der Waals surface area contributed by atoms with E-state index in [4.69, 9.17) is 33.2 Å². The Balaban J connectivity index is 0.000000159. The minimum Gasteiger partial charge on any atom is -0.493 e. The molecule has 8 rings (SSSR count). The molecule has 3 saturated heterocycles. The van der Waals surface area contributed by atoms with Gasteiger partial charge >= 0.3 is 0 Å². The molecule has 1 saturated carbocycles. The average molecular weight is 693 g/mol. The Bertz CT molecular complexity index is 1600. The van der Waals surface area contributed by atoms with E-state index >= 15 is 0 Å². The van der Waals surface area contributed by atoms with Crippen LogP contribution in [0.1, 0.15) is 60.1 Å². The number of hydrogen-bond donors (Lipinski definition) is 0. The van der Waals surface area contributed by atoms with Gasteiger partial charge in [-0.05, 0) is 139 Å². The molecule has 4 aromatic carbocycles. The highest BCUT2D eigenvalue weighted by molar-refractivity contribution is 5.70. The molecule has 0 bridgehead atoms. The zero-order valence-corrected chi connectivity index (χ0v) is 31.0. The average Bonchev–Trinajstić information content (AvgIpc) is 3.92. The van der Waals surface area contributed by atoms with E-state index in [-0.39, 0.29) is 23.7 Å². The first-order chi connectivity index (χ1) is 24.6. The van der Waals surface area contributed by atoms with E-state index < -0.39 is 0 Å². The van der Waals surface area contributed by atoms with Gasteiger partial charge in [0.25, 0.3) is 0 Å². The summed E-state index contributed by atoms with van der Waals surface area (Å²) in [4.78, 5) is 0. The van der Waals surface area contributed by atoms with Gasteiger partial charge in [0.2, 0.25) is 0 Å². The fraction of sp³-hybridized carbons (Fsp3) is 0.455. The largest absolute Gasteiger partial charge is 0.493 e. The molecule has 4 fully saturated rings. The van der Waals surface area contributed by atoms with Gasteiger partial charge in [0.1, 0.15) is 61.1 Å². The van der Waals surface area contributed by atoms with Crippen LogP contribution in [-0.2, 0) is 19.6 Å². The Labute approximate surface area is 303 Å². The van der Waals surface area contributed by atoms with Crippen LogP contribution in [0.15, 0.2) is 72.8 Å². The van der Waals surface area contributed by atoms with E-state index in [9.17, 15) is 0 Å². The fourth-order valence-corrected chi connectivity index (χ4v) is 6.32. The summed E-state index contributed by atoms with van der Waals surface area (Å²) in [5, 5.41) is 0. The first-order valence-corrected chi connectivity index (χ1v) is 18.4. The first kappa shape index (κ1) is 35.4. The smallest absolute Gasteiger partial charge is 0.125 e. The maximum absolute atomic E-state index is 6.08. The SMILES string of the molecule is CC(C)(c1ccc(OCC2CO2)cc1)c1ccc(OCC2CO2)cc1.Cc1cc(-c2cc(C)c(OCC3CO3)c(C)c2)cc(C)c1OCC1CC1. The minimum absolute atomic E-state index is 0.0870. The van der Waals surface area contributed by atoms with Crippen LogP contribution in [0.5, 0.6) is 23.0 Å². The minimum atomic E-state index is -0.0870. The molecule has 3 heterocycles. The van der Waals surface area contributed by atoms with Crippen molar-refractivity contribution in [1.82, 2.24) is 0 Å². The number of hydrogen-bond acceptors (Lipinski definition) is 7. The standard InChI is InChI=1S/C23H28O3.C21H24O4/c1-14-7-19(8-15(2)22(14)25-11-18-5-6-18)20-9-16(3)23(17(4)10-20)26-13-21-12-24-21;1-21(2,15-3-7-17(8-4-15)22-11-19-13-24-19)16-5-9-18(10-6-16)23-12-20-14-25-20/h7-10,18,21H,5-6,11-13H2,1-4H3;3-10,19-20H,11-14H2,1-2H3. The van der Waals surface area contributed by atoms with Gasteiger partial charge in [0, 0.05) is 5.41 Å². The maximum atomic E-state index is 6.08. The molecule has 51 heavy (non-hydrogen) atoms. The van der Waals surface area contributed by atoms with Crippen LogP contribution < -0.4 is 18.9 Å². The van der Waals surface area contributed by atoms with E-state index in [1.54, 1.807) is 0 Å². The van der Waals surface area contributed by atoms with Gasteiger partial charge in [-0.2, -0.15) is 0 Å². The van der Waals surface area contributed by atoms with Crippen molar-refractivity contribution in [3.63, 3.8) is 0 Å². The summed E-state index contributed by atoms with van der Waals surface area (Å²) < 4.78 is 39.1. The lowest BCUT2D eigenvalue weighted by Crippen LogP contribution is -2.18. The van der Waals surface area contributed by atoms with Crippen molar-refractivity contribution >= 4 is 0 Å². The number of aryl methyl sites for hydroxylation is 4. The van der Waals surface area contributed by atoms with E-state index in [1.807, 2.05) is 24.3 Å². The Morgan fingerprint density at radius 1 is 0.510 bits per heavy atom. The second-order valence-corrected chi connectivity index (χ2v) is 15.1. The van der Waals surface area contributed by atoms with Crippen molar-refractivity contribution in [3.8, 4) is 34.1 Å². The Kier molecular flexibility index (Phi) is 10.6. The summed E-state index contributed by atoms with van der Waals surface area (Å²) in [7, 11) is 0. The van der Waals surface area contributed by atoms with Crippen LogP contribution in [0, 0.1) is 33.6 Å². The molecule has 3 unspecified atom stereocenters. The molecule has 270 valence electrons. The zero-order valence-electron chi connectivity index (χ0n) is 31.0. The van der Waals surface area contributed by atoms with Crippen molar-refractivity contribution in [3.05, 3.63) is 106 Å². The van der Waals surface area contributed by atoms with Crippen molar-refractivity contribution in [2.75, 3.05) is 46.2 Å². The third kappa shape index (κ3) is 9.65. The van der Waals surface area contributed by atoms with E-state index in [0.717, 1.165) is 55.3 Å². The lowest BCUT2D eigenvalue weighted by atomic mass is 9.78. The predicted molar refractivity (Wildman–Crippen MR) is 200 cm³/mol. The molecule has 0 radical (unpaired) electrons. The summed E-state index contributed by atoms with van der Waals surface area (Å²) in [6, 6.07) is 25.6. The molecule has 0 spiro atoms. The molecule has 4 aromatic rings. The van der Waals surface area contributed by atoms with Gasteiger partial charge in [-0.1, -0.05) is 38.1 Å². The van der Waals surface area contributed by atoms with Crippen molar-refractivity contribution in [2.45, 2.75) is 78.1 Å². The third-order valence-electron chi connectivity index (χ3n) is 10.1. The third-order valence-corrected chi connectivity index (χ3v) is 10.1. The fourth-order valence-electron chi connectivity index (χ4n) is 6.32. The molecule has 7 nitrogen and oxygen atoms in total. The second kappa shape index (κ2) is 15.3. The van der Waals surface area contributed by atoms with E-state index in [1.165, 1.54) is 57.3 Å². The molecule has 7 heteroatoms. The molecule has 3 atom stereocenters. The van der Waals surface area contributed by atoms with Crippen LogP contribution in [0.25, 0.3) is 11.1 Å². The van der Waals surface area contributed by atoms with Gasteiger partial charge in [0.05, 0.1) is 26.4 Å². The molecule has 4 aliphatic rings. The summed E-state index contributed by atoms with van der Waals surface area (Å²) in [6.07, 6.45) is 3.47. The number of ether oxygens (including phenoxy) is 7. The van der Waals surface area contributed by atoms with Crippen LogP contribution in [0.3, 0.4) is 0 Å². The summed E-state index contributed by atoms with van der Waals surface area (Å²) in [6.45, 7) is 18.2. The Morgan fingerprint density at radius 2 is 0.843 bits per heavy atom. The summed E-state index contributed by atoms with van der Waals surface area (Å²) in [5.41, 5.74) is 9.65. The van der Waals surface area contributed by atoms with Crippen LogP contribution in [-0.4, -0.2) is 64.6 Å². The van der Waals surface area contributed by atoms with Gasteiger partial charge in [-0.3, -0.25) is 0 Å². The lowest BCUT2D eigenvalue weighted by molar-refractivity contribution is 0.260. The van der Waals surface area contributed by atoms with Crippen LogP contribution in [0.2, 0.25) is 0 Å². The molecule has 1 aliphatic carbocycles.